The second-order valence-corrected chi connectivity index (χ2v) is 2.79. The summed E-state index contributed by atoms with van der Waals surface area (Å²) in [5, 5.41) is 3.07. The Morgan fingerprint density at radius 3 is 2.64 bits per heavy atom. The van der Waals surface area contributed by atoms with Crippen LogP contribution in [0.3, 0.4) is 0 Å². The van der Waals surface area contributed by atoms with Crippen molar-refractivity contribution in [3.63, 3.8) is 0 Å². The summed E-state index contributed by atoms with van der Waals surface area (Å²) in [6.07, 6.45) is 2.99. The van der Waals surface area contributed by atoms with E-state index in [1.54, 1.807) is 0 Å². The first kappa shape index (κ1) is 8.62. The fourth-order valence-electron chi connectivity index (χ4n) is 1.20. The van der Waals surface area contributed by atoms with Gasteiger partial charge >= 0.3 is 0 Å². The van der Waals surface area contributed by atoms with Crippen molar-refractivity contribution in [1.29, 1.82) is 0 Å². The maximum absolute atomic E-state index is 4.07. The van der Waals surface area contributed by atoms with Crippen molar-refractivity contribution < 1.29 is 0 Å². The molecule has 0 aliphatic carbocycles. The molecule has 1 aromatic carbocycles. The van der Waals surface area contributed by atoms with Crippen LogP contribution >= 0.6 is 0 Å². The molecule has 0 saturated carbocycles. The zero-order valence-corrected chi connectivity index (χ0v) is 7.81. The van der Waals surface area contributed by atoms with E-state index in [-0.39, 0.29) is 0 Å². The minimum Gasteiger partial charge on any atom is -0.388 e. The number of aromatic nitrogens is 3. The molecule has 70 valence electrons. The van der Waals surface area contributed by atoms with E-state index in [0.29, 0.717) is 5.82 Å². The highest BCUT2D eigenvalue weighted by molar-refractivity contribution is 5.61. The summed E-state index contributed by atoms with van der Waals surface area (Å²) in [5.41, 5.74) is 2.03. The summed E-state index contributed by atoms with van der Waals surface area (Å²) in [6.45, 7) is 0. The highest BCUT2D eigenvalue weighted by Gasteiger charge is 1.99. The molecule has 4 heteroatoms. The van der Waals surface area contributed by atoms with E-state index in [1.165, 1.54) is 12.7 Å². The average Bonchev–Trinajstić information content (AvgIpc) is 2.30. The largest absolute Gasteiger partial charge is 0.388 e. The first-order chi connectivity index (χ1) is 6.90. The van der Waals surface area contributed by atoms with Crippen LogP contribution in [0.25, 0.3) is 11.4 Å². The Labute approximate surface area is 82.1 Å². The molecule has 1 N–H and O–H groups in total. The van der Waals surface area contributed by atoms with Gasteiger partial charge in [0, 0.05) is 18.3 Å². The molecule has 0 amide bonds. The third-order valence-corrected chi connectivity index (χ3v) is 1.90. The number of benzene rings is 1. The van der Waals surface area contributed by atoms with Crippen molar-refractivity contribution in [3.05, 3.63) is 36.9 Å². The zero-order valence-electron chi connectivity index (χ0n) is 7.81. The molecule has 1 heterocycles. The molecule has 0 fully saturated rings. The summed E-state index contributed by atoms with van der Waals surface area (Å²) in [6, 6.07) is 7.92. The van der Waals surface area contributed by atoms with E-state index in [0.717, 1.165) is 11.3 Å². The Balaban J connectivity index is 2.42. The van der Waals surface area contributed by atoms with Gasteiger partial charge in [0.2, 0.25) is 0 Å². The summed E-state index contributed by atoms with van der Waals surface area (Å²) < 4.78 is 0. The Morgan fingerprint density at radius 2 is 1.93 bits per heavy atom. The standard InChI is InChI=1S/C10H10N4/c1-11-9-4-2-3-8(5-9)10-13-6-12-7-14-10/h2-7,11H,1H3. The van der Waals surface area contributed by atoms with E-state index in [9.17, 15) is 0 Å². The Morgan fingerprint density at radius 1 is 1.14 bits per heavy atom. The minimum absolute atomic E-state index is 0.692. The molecule has 0 saturated heterocycles. The lowest BCUT2D eigenvalue weighted by atomic mass is 10.2. The normalized spacial score (nSPS) is 9.79. The van der Waals surface area contributed by atoms with Crippen LogP contribution in [0.15, 0.2) is 36.9 Å². The van der Waals surface area contributed by atoms with Crippen LogP contribution in [0.5, 0.6) is 0 Å². The third-order valence-electron chi connectivity index (χ3n) is 1.90. The number of hydrogen-bond donors (Lipinski definition) is 1. The number of nitrogens with zero attached hydrogens (tertiary/aromatic N) is 3. The molecule has 0 radical (unpaired) electrons. The van der Waals surface area contributed by atoms with Gasteiger partial charge in [-0.2, -0.15) is 0 Å². The van der Waals surface area contributed by atoms with E-state index >= 15 is 0 Å². The SMILES string of the molecule is CNc1cccc(-c2ncncn2)c1. The monoisotopic (exact) mass is 186 g/mol. The molecule has 0 unspecified atom stereocenters. The van der Waals surface area contributed by atoms with Crippen molar-refractivity contribution >= 4 is 5.69 Å². The van der Waals surface area contributed by atoms with Crippen LogP contribution in [0.4, 0.5) is 5.69 Å². The second-order valence-electron chi connectivity index (χ2n) is 2.79. The lowest BCUT2D eigenvalue weighted by Crippen LogP contribution is -1.91. The molecule has 4 nitrogen and oxygen atoms in total. The Kier molecular flexibility index (Phi) is 2.36. The van der Waals surface area contributed by atoms with Crippen molar-refractivity contribution in [2.45, 2.75) is 0 Å². The second kappa shape index (κ2) is 3.83. The highest BCUT2D eigenvalue weighted by Crippen LogP contribution is 2.17. The topological polar surface area (TPSA) is 50.7 Å². The smallest absolute Gasteiger partial charge is 0.162 e. The van der Waals surface area contributed by atoms with Gasteiger partial charge in [0.05, 0.1) is 0 Å². The molecule has 14 heavy (non-hydrogen) atoms. The van der Waals surface area contributed by atoms with Gasteiger partial charge in [0.15, 0.2) is 5.82 Å². The van der Waals surface area contributed by atoms with Crippen LogP contribution in [-0.2, 0) is 0 Å². The summed E-state index contributed by atoms with van der Waals surface area (Å²) in [5.74, 6) is 0.692. The van der Waals surface area contributed by atoms with Crippen LogP contribution in [0.1, 0.15) is 0 Å². The van der Waals surface area contributed by atoms with E-state index in [1.807, 2.05) is 31.3 Å². The maximum atomic E-state index is 4.07. The molecule has 0 spiro atoms. The van der Waals surface area contributed by atoms with Gasteiger partial charge in [-0.1, -0.05) is 12.1 Å². The van der Waals surface area contributed by atoms with Gasteiger partial charge in [-0.05, 0) is 12.1 Å². The average molecular weight is 186 g/mol. The highest BCUT2D eigenvalue weighted by atomic mass is 15.0. The van der Waals surface area contributed by atoms with Crippen LogP contribution in [0.2, 0.25) is 0 Å². The number of nitrogens with one attached hydrogen (secondary N) is 1. The molecular formula is C10H10N4. The number of hydrogen-bond acceptors (Lipinski definition) is 4. The fourth-order valence-corrected chi connectivity index (χ4v) is 1.20. The molecule has 0 bridgehead atoms. The van der Waals surface area contributed by atoms with Crippen LogP contribution in [0, 0.1) is 0 Å². The molecule has 0 aliphatic rings. The zero-order chi connectivity index (χ0) is 9.80. The predicted molar refractivity (Wildman–Crippen MR) is 54.8 cm³/mol. The molecule has 1 aromatic heterocycles. The van der Waals surface area contributed by atoms with Gasteiger partial charge in [0.25, 0.3) is 0 Å². The number of rotatable bonds is 2. The molecular weight excluding hydrogens is 176 g/mol. The van der Waals surface area contributed by atoms with Gasteiger partial charge in [-0.15, -0.1) is 0 Å². The van der Waals surface area contributed by atoms with Gasteiger partial charge in [-0.3, -0.25) is 0 Å². The van der Waals surface area contributed by atoms with E-state index < -0.39 is 0 Å². The van der Waals surface area contributed by atoms with E-state index in [2.05, 4.69) is 20.3 Å². The van der Waals surface area contributed by atoms with Crippen molar-refractivity contribution in [1.82, 2.24) is 15.0 Å². The van der Waals surface area contributed by atoms with Gasteiger partial charge in [-0.25, -0.2) is 15.0 Å². The molecule has 0 aliphatic heterocycles. The minimum atomic E-state index is 0.692. The fraction of sp³-hybridized carbons (Fsp3) is 0.100. The van der Waals surface area contributed by atoms with E-state index in [4.69, 9.17) is 0 Å². The molecule has 2 aromatic rings. The predicted octanol–water partition coefficient (Wildman–Crippen LogP) is 1.58. The van der Waals surface area contributed by atoms with Crippen molar-refractivity contribution in [2.75, 3.05) is 12.4 Å². The third kappa shape index (κ3) is 1.69. The maximum Gasteiger partial charge on any atom is 0.162 e. The lowest BCUT2D eigenvalue weighted by molar-refractivity contribution is 1.06. The lowest BCUT2D eigenvalue weighted by Gasteiger charge is -2.02. The Hall–Kier alpha value is -1.97. The van der Waals surface area contributed by atoms with Gasteiger partial charge in [0.1, 0.15) is 12.7 Å². The first-order valence-electron chi connectivity index (χ1n) is 4.30. The summed E-state index contributed by atoms with van der Waals surface area (Å²) >= 11 is 0. The first-order valence-corrected chi connectivity index (χ1v) is 4.30. The van der Waals surface area contributed by atoms with Crippen LogP contribution < -0.4 is 5.32 Å². The van der Waals surface area contributed by atoms with Crippen molar-refractivity contribution in [3.8, 4) is 11.4 Å². The Bertz CT molecular complexity index is 413. The quantitative estimate of drug-likeness (QED) is 0.773. The van der Waals surface area contributed by atoms with Crippen LogP contribution in [-0.4, -0.2) is 22.0 Å². The molecule has 2 rings (SSSR count). The number of anilines is 1. The molecule has 0 atom stereocenters. The summed E-state index contributed by atoms with van der Waals surface area (Å²) in [7, 11) is 1.88. The van der Waals surface area contributed by atoms with Gasteiger partial charge < -0.3 is 5.32 Å². The summed E-state index contributed by atoms with van der Waals surface area (Å²) in [4.78, 5) is 11.9. The van der Waals surface area contributed by atoms with Crippen molar-refractivity contribution in [2.24, 2.45) is 0 Å².